The summed E-state index contributed by atoms with van der Waals surface area (Å²) in [6.45, 7) is 2.74. The number of hydrogen-bond donors (Lipinski definition) is 1. The number of para-hydroxylation sites is 1. The Kier molecular flexibility index (Phi) is 3.42. The molecule has 16 heavy (non-hydrogen) atoms. The minimum atomic E-state index is 0.739. The highest BCUT2D eigenvalue weighted by Crippen LogP contribution is 2.21. The van der Waals surface area contributed by atoms with Gasteiger partial charge in [0.05, 0.1) is 10.7 Å². The summed E-state index contributed by atoms with van der Waals surface area (Å²) in [6.07, 6.45) is 1.80. The van der Waals surface area contributed by atoms with Crippen LogP contribution in [0.5, 0.6) is 0 Å². The first-order chi connectivity index (χ1) is 7.77. The number of aromatic nitrogens is 1. The van der Waals surface area contributed by atoms with E-state index in [2.05, 4.69) is 16.4 Å². The highest BCUT2D eigenvalue weighted by atomic mass is 35.5. The second kappa shape index (κ2) is 4.99. The molecule has 0 saturated carbocycles. The molecule has 0 aliphatic heterocycles. The van der Waals surface area contributed by atoms with Gasteiger partial charge in [-0.25, -0.2) is 0 Å². The topological polar surface area (TPSA) is 24.9 Å². The SMILES string of the molecule is Cc1ncccc1CNc1ccccc1Cl. The minimum absolute atomic E-state index is 0.739. The predicted molar refractivity (Wildman–Crippen MR) is 67.8 cm³/mol. The third-order valence-corrected chi connectivity index (χ3v) is 2.79. The zero-order valence-electron chi connectivity index (χ0n) is 9.07. The number of nitrogens with one attached hydrogen (secondary N) is 1. The lowest BCUT2D eigenvalue weighted by molar-refractivity contribution is 1.06. The van der Waals surface area contributed by atoms with Crippen molar-refractivity contribution in [1.29, 1.82) is 0 Å². The average molecular weight is 233 g/mol. The van der Waals surface area contributed by atoms with Crippen LogP contribution in [-0.2, 0) is 6.54 Å². The maximum absolute atomic E-state index is 6.05. The molecule has 0 bridgehead atoms. The van der Waals surface area contributed by atoms with Crippen LogP contribution >= 0.6 is 11.6 Å². The van der Waals surface area contributed by atoms with E-state index in [9.17, 15) is 0 Å². The molecule has 0 aliphatic carbocycles. The van der Waals surface area contributed by atoms with Crippen LogP contribution < -0.4 is 5.32 Å². The van der Waals surface area contributed by atoms with E-state index < -0.39 is 0 Å². The van der Waals surface area contributed by atoms with Crippen molar-refractivity contribution in [3.63, 3.8) is 0 Å². The van der Waals surface area contributed by atoms with E-state index in [0.29, 0.717) is 0 Å². The summed E-state index contributed by atoms with van der Waals surface area (Å²) < 4.78 is 0. The van der Waals surface area contributed by atoms with Gasteiger partial charge in [0, 0.05) is 18.4 Å². The van der Waals surface area contributed by atoms with Crippen LogP contribution in [0.1, 0.15) is 11.3 Å². The van der Waals surface area contributed by atoms with Crippen LogP contribution in [-0.4, -0.2) is 4.98 Å². The van der Waals surface area contributed by atoms with Gasteiger partial charge in [0.1, 0.15) is 0 Å². The maximum atomic E-state index is 6.05. The number of hydrogen-bond acceptors (Lipinski definition) is 2. The van der Waals surface area contributed by atoms with Gasteiger partial charge in [0.2, 0.25) is 0 Å². The van der Waals surface area contributed by atoms with Crippen molar-refractivity contribution in [3.05, 3.63) is 58.9 Å². The van der Waals surface area contributed by atoms with E-state index in [0.717, 1.165) is 22.9 Å². The number of halogens is 1. The smallest absolute Gasteiger partial charge is 0.0637 e. The Labute approximate surface area is 100 Å². The number of aryl methyl sites for hydroxylation is 1. The second-order valence-electron chi connectivity index (χ2n) is 3.58. The van der Waals surface area contributed by atoms with Crippen LogP contribution in [0.2, 0.25) is 5.02 Å². The van der Waals surface area contributed by atoms with Gasteiger partial charge in [0.15, 0.2) is 0 Å². The molecule has 0 saturated heterocycles. The molecular weight excluding hydrogens is 220 g/mol. The van der Waals surface area contributed by atoms with E-state index in [1.54, 1.807) is 6.20 Å². The number of benzene rings is 1. The number of rotatable bonds is 3. The molecule has 1 heterocycles. The first-order valence-electron chi connectivity index (χ1n) is 5.16. The van der Waals surface area contributed by atoms with E-state index in [1.165, 1.54) is 5.56 Å². The first-order valence-corrected chi connectivity index (χ1v) is 5.54. The Morgan fingerprint density at radius 2 is 2.00 bits per heavy atom. The fourth-order valence-corrected chi connectivity index (χ4v) is 1.70. The Bertz CT molecular complexity index is 437. The predicted octanol–water partition coefficient (Wildman–Crippen LogP) is 3.66. The standard InChI is InChI=1S/C13H13ClN2/c1-10-11(5-4-8-15-10)9-16-13-7-3-2-6-12(13)14/h2-8,16H,9H2,1H3. The zero-order valence-corrected chi connectivity index (χ0v) is 9.83. The summed E-state index contributed by atoms with van der Waals surface area (Å²) in [7, 11) is 0. The van der Waals surface area contributed by atoms with Crippen LogP contribution in [0, 0.1) is 6.92 Å². The highest BCUT2D eigenvalue weighted by Gasteiger charge is 2.00. The van der Waals surface area contributed by atoms with Crippen LogP contribution in [0.3, 0.4) is 0 Å². The summed E-state index contributed by atoms with van der Waals surface area (Å²) >= 11 is 6.05. The Hall–Kier alpha value is -1.54. The molecule has 2 nitrogen and oxygen atoms in total. The van der Waals surface area contributed by atoms with Gasteiger partial charge in [-0.1, -0.05) is 29.8 Å². The van der Waals surface area contributed by atoms with Crippen molar-refractivity contribution in [1.82, 2.24) is 4.98 Å². The Balaban J connectivity index is 2.09. The van der Waals surface area contributed by atoms with Gasteiger partial charge in [-0.2, -0.15) is 0 Å². The molecule has 2 aromatic rings. The van der Waals surface area contributed by atoms with Crippen LogP contribution in [0.15, 0.2) is 42.6 Å². The van der Waals surface area contributed by atoms with Gasteiger partial charge >= 0.3 is 0 Å². The average Bonchev–Trinajstić information content (AvgIpc) is 2.30. The monoisotopic (exact) mass is 232 g/mol. The van der Waals surface area contributed by atoms with Crippen LogP contribution in [0.4, 0.5) is 5.69 Å². The molecule has 2 rings (SSSR count). The number of nitrogens with zero attached hydrogens (tertiary/aromatic N) is 1. The van der Waals surface area contributed by atoms with Crippen molar-refractivity contribution >= 4 is 17.3 Å². The summed E-state index contributed by atoms with van der Waals surface area (Å²) in [5, 5.41) is 4.04. The number of anilines is 1. The molecule has 1 aromatic heterocycles. The van der Waals surface area contributed by atoms with Crippen molar-refractivity contribution in [2.75, 3.05) is 5.32 Å². The van der Waals surface area contributed by atoms with E-state index in [-0.39, 0.29) is 0 Å². The lowest BCUT2D eigenvalue weighted by Crippen LogP contribution is -2.02. The lowest BCUT2D eigenvalue weighted by atomic mass is 10.2. The molecule has 82 valence electrons. The number of pyridine rings is 1. The largest absolute Gasteiger partial charge is 0.380 e. The normalized spacial score (nSPS) is 10.1. The third-order valence-electron chi connectivity index (χ3n) is 2.46. The summed E-state index contributed by atoms with van der Waals surface area (Å²) in [5.41, 5.74) is 3.18. The van der Waals surface area contributed by atoms with E-state index in [4.69, 9.17) is 11.6 Å². The molecule has 0 spiro atoms. The fraction of sp³-hybridized carbons (Fsp3) is 0.154. The van der Waals surface area contributed by atoms with Gasteiger partial charge < -0.3 is 5.32 Å². The van der Waals surface area contributed by atoms with Gasteiger partial charge in [-0.3, -0.25) is 4.98 Å². The fourth-order valence-electron chi connectivity index (χ4n) is 1.50. The quantitative estimate of drug-likeness (QED) is 0.874. The van der Waals surface area contributed by atoms with E-state index >= 15 is 0 Å². The molecule has 0 aliphatic rings. The molecule has 0 atom stereocenters. The summed E-state index contributed by atoms with van der Waals surface area (Å²) in [4.78, 5) is 4.24. The maximum Gasteiger partial charge on any atom is 0.0637 e. The minimum Gasteiger partial charge on any atom is -0.380 e. The first kappa shape index (κ1) is 11.0. The molecule has 0 radical (unpaired) electrons. The van der Waals surface area contributed by atoms with Crippen molar-refractivity contribution < 1.29 is 0 Å². The summed E-state index contributed by atoms with van der Waals surface area (Å²) in [6, 6.07) is 11.7. The zero-order chi connectivity index (χ0) is 11.4. The van der Waals surface area contributed by atoms with Crippen LogP contribution in [0.25, 0.3) is 0 Å². The molecule has 0 fully saturated rings. The van der Waals surface area contributed by atoms with E-state index in [1.807, 2.05) is 37.3 Å². The second-order valence-corrected chi connectivity index (χ2v) is 3.99. The Morgan fingerprint density at radius 3 is 2.75 bits per heavy atom. The summed E-state index contributed by atoms with van der Waals surface area (Å²) in [5.74, 6) is 0. The molecule has 3 heteroatoms. The molecular formula is C13H13ClN2. The third kappa shape index (κ3) is 2.52. The van der Waals surface area contributed by atoms with Crippen molar-refractivity contribution in [2.24, 2.45) is 0 Å². The van der Waals surface area contributed by atoms with Gasteiger partial charge in [0.25, 0.3) is 0 Å². The van der Waals surface area contributed by atoms with Gasteiger partial charge in [-0.15, -0.1) is 0 Å². The van der Waals surface area contributed by atoms with Crippen molar-refractivity contribution in [2.45, 2.75) is 13.5 Å². The molecule has 1 aromatic carbocycles. The van der Waals surface area contributed by atoms with Crippen molar-refractivity contribution in [3.8, 4) is 0 Å². The molecule has 1 N–H and O–H groups in total. The highest BCUT2D eigenvalue weighted by molar-refractivity contribution is 6.33. The molecule has 0 unspecified atom stereocenters. The van der Waals surface area contributed by atoms with Gasteiger partial charge in [-0.05, 0) is 30.7 Å². The Morgan fingerprint density at radius 1 is 1.19 bits per heavy atom. The molecule has 0 amide bonds. The lowest BCUT2D eigenvalue weighted by Gasteiger charge is -2.09.